The molecule has 0 saturated heterocycles. The molecular weight excluding hydrogens is 405 g/mol. The van der Waals surface area contributed by atoms with Crippen LogP contribution in [0.1, 0.15) is 35.7 Å². The average molecular weight is 423 g/mol. The van der Waals surface area contributed by atoms with Gasteiger partial charge in [-0.3, -0.25) is 9.78 Å². The number of alkyl halides is 3. The first-order chi connectivity index (χ1) is 13.4. The Bertz CT molecular complexity index is 983. The summed E-state index contributed by atoms with van der Waals surface area (Å²) in [7, 11) is 0. The van der Waals surface area contributed by atoms with Gasteiger partial charge in [-0.05, 0) is 54.8 Å². The molecule has 2 heterocycles. The van der Waals surface area contributed by atoms with Crippen LogP contribution in [0, 0.1) is 0 Å². The van der Waals surface area contributed by atoms with Crippen molar-refractivity contribution in [2.45, 2.75) is 31.4 Å². The van der Waals surface area contributed by atoms with Crippen molar-refractivity contribution in [3.8, 4) is 5.69 Å². The van der Waals surface area contributed by atoms with Crippen LogP contribution in [0.15, 0.2) is 54.9 Å². The summed E-state index contributed by atoms with van der Waals surface area (Å²) >= 11 is 0. The number of anilines is 1. The number of amides is 1. The Hall–Kier alpha value is -2.87. The predicted octanol–water partition coefficient (Wildman–Crippen LogP) is 4.77. The summed E-state index contributed by atoms with van der Waals surface area (Å²) in [5, 5.41) is 6.53. The highest BCUT2D eigenvalue weighted by atomic mass is 35.5. The summed E-state index contributed by atoms with van der Waals surface area (Å²) in [6.45, 7) is 0. The van der Waals surface area contributed by atoms with Crippen molar-refractivity contribution in [2.75, 3.05) is 5.32 Å². The quantitative estimate of drug-likeness (QED) is 0.644. The maximum absolute atomic E-state index is 13.0. The minimum atomic E-state index is -4.48. The van der Waals surface area contributed by atoms with Gasteiger partial charge in [-0.15, -0.1) is 12.4 Å². The van der Waals surface area contributed by atoms with Gasteiger partial charge in [0, 0.05) is 29.7 Å². The lowest BCUT2D eigenvalue weighted by Crippen LogP contribution is -2.14. The second-order valence-electron chi connectivity index (χ2n) is 6.77. The van der Waals surface area contributed by atoms with E-state index in [1.807, 2.05) is 6.07 Å². The standard InChI is InChI=1S/C20H17F3N4O.ClH/c21-20(22,23)18-11-17(14-3-4-14)27(26-18)16-7-5-15(6-8-16)25-19(28)10-13-2-1-9-24-12-13;/h1-2,5-9,11-12,14H,3-4,10H2,(H,25,28);1H. The van der Waals surface area contributed by atoms with Crippen LogP contribution in [-0.2, 0) is 17.4 Å². The zero-order valence-corrected chi connectivity index (χ0v) is 16.0. The molecule has 1 saturated carbocycles. The maximum atomic E-state index is 13.0. The van der Waals surface area contributed by atoms with Gasteiger partial charge in [0.05, 0.1) is 12.1 Å². The first-order valence-corrected chi connectivity index (χ1v) is 8.86. The molecular formula is C20H18ClF3N4O. The minimum Gasteiger partial charge on any atom is -0.326 e. The van der Waals surface area contributed by atoms with Crippen LogP contribution in [0.5, 0.6) is 0 Å². The SMILES string of the molecule is Cl.O=C(Cc1cccnc1)Nc1ccc(-n2nc(C(F)(F)F)cc2C2CC2)cc1. The van der Waals surface area contributed by atoms with Crippen molar-refractivity contribution in [1.29, 1.82) is 0 Å². The molecule has 29 heavy (non-hydrogen) atoms. The Kier molecular flexibility index (Phi) is 5.93. The molecule has 152 valence electrons. The number of halogens is 4. The van der Waals surface area contributed by atoms with Gasteiger partial charge in [-0.1, -0.05) is 6.07 Å². The molecule has 3 aromatic rings. The van der Waals surface area contributed by atoms with E-state index in [2.05, 4.69) is 15.4 Å². The molecule has 0 unspecified atom stereocenters. The monoisotopic (exact) mass is 422 g/mol. The number of rotatable bonds is 5. The molecule has 0 atom stereocenters. The molecule has 1 N–H and O–H groups in total. The number of aromatic nitrogens is 3. The van der Waals surface area contributed by atoms with E-state index in [1.165, 1.54) is 4.68 Å². The van der Waals surface area contributed by atoms with E-state index in [0.29, 0.717) is 17.1 Å². The van der Waals surface area contributed by atoms with E-state index in [9.17, 15) is 18.0 Å². The number of nitrogens with one attached hydrogen (secondary N) is 1. The Morgan fingerprint density at radius 2 is 1.90 bits per heavy atom. The van der Waals surface area contributed by atoms with Crippen LogP contribution in [0.2, 0.25) is 0 Å². The van der Waals surface area contributed by atoms with Crippen molar-refractivity contribution in [1.82, 2.24) is 14.8 Å². The number of hydrogen-bond acceptors (Lipinski definition) is 3. The largest absolute Gasteiger partial charge is 0.435 e. The van der Waals surface area contributed by atoms with Crippen LogP contribution in [0.25, 0.3) is 5.69 Å². The lowest BCUT2D eigenvalue weighted by Gasteiger charge is -2.09. The molecule has 9 heteroatoms. The van der Waals surface area contributed by atoms with Crippen LogP contribution in [0.4, 0.5) is 18.9 Å². The smallest absolute Gasteiger partial charge is 0.326 e. The molecule has 1 aliphatic rings. The number of hydrogen-bond donors (Lipinski definition) is 1. The van der Waals surface area contributed by atoms with E-state index >= 15 is 0 Å². The van der Waals surface area contributed by atoms with Crippen molar-refractivity contribution in [3.63, 3.8) is 0 Å². The lowest BCUT2D eigenvalue weighted by atomic mass is 10.2. The van der Waals surface area contributed by atoms with Crippen LogP contribution in [0.3, 0.4) is 0 Å². The molecule has 0 bridgehead atoms. The topological polar surface area (TPSA) is 59.8 Å². The summed E-state index contributed by atoms with van der Waals surface area (Å²) in [4.78, 5) is 16.1. The molecule has 0 radical (unpaired) electrons. The van der Waals surface area contributed by atoms with Crippen LogP contribution >= 0.6 is 12.4 Å². The number of carbonyl (C=O) groups excluding carboxylic acids is 1. The molecule has 4 rings (SSSR count). The van der Waals surface area contributed by atoms with Crippen molar-refractivity contribution < 1.29 is 18.0 Å². The number of nitrogens with zero attached hydrogens (tertiary/aromatic N) is 3. The van der Waals surface area contributed by atoms with Gasteiger partial charge >= 0.3 is 6.18 Å². The van der Waals surface area contributed by atoms with Gasteiger partial charge in [0.2, 0.25) is 5.91 Å². The van der Waals surface area contributed by atoms with E-state index in [-0.39, 0.29) is 30.7 Å². The van der Waals surface area contributed by atoms with Gasteiger partial charge in [-0.2, -0.15) is 18.3 Å². The Balaban J connectivity index is 0.00000240. The van der Waals surface area contributed by atoms with Crippen molar-refractivity contribution in [3.05, 3.63) is 71.8 Å². The molecule has 5 nitrogen and oxygen atoms in total. The highest BCUT2D eigenvalue weighted by Gasteiger charge is 2.38. The molecule has 0 spiro atoms. The zero-order valence-electron chi connectivity index (χ0n) is 15.2. The third-order valence-electron chi connectivity index (χ3n) is 4.51. The van der Waals surface area contributed by atoms with Gasteiger partial charge in [0.15, 0.2) is 5.69 Å². The van der Waals surface area contributed by atoms with E-state index in [4.69, 9.17) is 0 Å². The Morgan fingerprint density at radius 3 is 2.48 bits per heavy atom. The second-order valence-corrected chi connectivity index (χ2v) is 6.77. The Morgan fingerprint density at radius 1 is 1.17 bits per heavy atom. The molecule has 1 amide bonds. The number of benzene rings is 1. The third-order valence-corrected chi connectivity index (χ3v) is 4.51. The van der Waals surface area contributed by atoms with Gasteiger partial charge in [0.25, 0.3) is 0 Å². The maximum Gasteiger partial charge on any atom is 0.435 e. The normalized spacial score (nSPS) is 13.6. The molecule has 1 aromatic carbocycles. The van der Waals surface area contributed by atoms with E-state index < -0.39 is 11.9 Å². The van der Waals surface area contributed by atoms with Crippen LogP contribution in [-0.4, -0.2) is 20.7 Å². The third kappa shape index (κ3) is 4.95. The fourth-order valence-corrected chi connectivity index (χ4v) is 2.99. The van der Waals surface area contributed by atoms with Crippen molar-refractivity contribution >= 4 is 24.0 Å². The molecule has 1 aliphatic carbocycles. The number of carbonyl (C=O) groups is 1. The minimum absolute atomic E-state index is 0. The summed E-state index contributed by atoms with van der Waals surface area (Å²) < 4.78 is 40.5. The Labute approximate surface area is 171 Å². The molecule has 1 fully saturated rings. The molecule has 2 aromatic heterocycles. The fraction of sp³-hybridized carbons (Fsp3) is 0.250. The summed E-state index contributed by atoms with van der Waals surface area (Å²) in [6.07, 6.45) is 0.703. The highest BCUT2D eigenvalue weighted by Crippen LogP contribution is 2.43. The lowest BCUT2D eigenvalue weighted by molar-refractivity contribution is -0.141. The fourth-order valence-electron chi connectivity index (χ4n) is 2.99. The van der Waals surface area contributed by atoms with Crippen molar-refractivity contribution in [2.24, 2.45) is 0 Å². The van der Waals surface area contributed by atoms with Crippen LogP contribution < -0.4 is 5.32 Å². The molecule has 0 aliphatic heterocycles. The van der Waals surface area contributed by atoms with E-state index in [0.717, 1.165) is 24.5 Å². The predicted molar refractivity (Wildman–Crippen MR) is 104 cm³/mol. The summed E-state index contributed by atoms with van der Waals surface area (Å²) in [6, 6.07) is 11.3. The number of pyridine rings is 1. The van der Waals surface area contributed by atoms with Gasteiger partial charge < -0.3 is 5.32 Å². The summed E-state index contributed by atoms with van der Waals surface area (Å²) in [5.74, 6) is -0.0830. The van der Waals surface area contributed by atoms with Gasteiger partial charge in [-0.25, -0.2) is 4.68 Å². The zero-order chi connectivity index (χ0) is 19.7. The first-order valence-electron chi connectivity index (χ1n) is 8.86. The summed E-state index contributed by atoms with van der Waals surface area (Å²) in [5.41, 5.74) is 1.57. The average Bonchev–Trinajstić information content (AvgIpc) is 3.40. The first kappa shape index (κ1) is 20.9. The van der Waals surface area contributed by atoms with Gasteiger partial charge in [0.1, 0.15) is 0 Å². The highest BCUT2D eigenvalue weighted by molar-refractivity contribution is 5.92. The van der Waals surface area contributed by atoms with E-state index in [1.54, 1.807) is 42.7 Å². The second kappa shape index (κ2) is 8.24.